The summed E-state index contributed by atoms with van der Waals surface area (Å²) in [6.45, 7) is 5.38. The molecule has 0 saturated heterocycles. The molecular formula is C9H18NO4-. The number of carbonyl (C=O) groups is 1. The monoisotopic (exact) mass is 204 g/mol. The molecule has 0 rings (SSSR count). The Morgan fingerprint density at radius 2 is 2.07 bits per heavy atom. The van der Waals surface area contributed by atoms with E-state index in [4.69, 9.17) is 4.74 Å². The van der Waals surface area contributed by atoms with Gasteiger partial charge in [0.15, 0.2) is 0 Å². The zero-order valence-electron chi connectivity index (χ0n) is 9.12. The maximum atomic E-state index is 11.1. The number of hydrogen-bond acceptors (Lipinski definition) is 4. The highest BCUT2D eigenvalue weighted by molar-refractivity contribution is 5.67. The van der Waals surface area contributed by atoms with Gasteiger partial charge in [0.25, 0.3) is 0 Å². The fraction of sp³-hybridized carbons (Fsp3) is 0.889. The van der Waals surface area contributed by atoms with E-state index in [1.54, 1.807) is 20.8 Å². The average Bonchev–Trinajstić information content (AvgIpc) is 1.98. The molecule has 0 saturated carbocycles. The topological polar surface area (TPSA) is 70.6 Å². The van der Waals surface area contributed by atoms with E-state index >= 15 is 0 Å². The van der Waals surface area contributed by atoms with E-state index in [0.29, 0.717) is 0 Å². The third-order valence-electron chi connectivity index (χ3n) is 1.23. The first-order chi connectivity index (χ1) is 6.35. The van der Waals surface area contributed by atoms with Crippen LogP contribution in [0.25, 0.3) is 0 Å². The molecular weight excluding hydrogens is 186 g/mol. The van der Waals surface area contributed by atoms with Gasteiger partial charge in [0.05, 0.1) is 0 Å². The van der Waals surface area contributed by atoms with Crippen molar-refractivity contribution in [1.29, 1.82) is 0 Å². The highest BCUT2D eigenvalue weighted by atomic mass is 16.6. The second-order valence-electron chi connectivity index (χ2n) is 3.96. The summed E-state index contributed by atoms with van der Waals surface area (Å²) in [5.74, 6) is 0. The Morgan fingerprint density at radius 1 is 1.50 bits per heavy atom. The Balaban J connectivity index is 3.64. The lowest BCUT2D eigenvalue weighted by Gasteiger charge is -2.24. The highest BCUT2D eigenvalue weighted by Crippen LogP contribution is 2.06. The minimum Gasteiger partial charge on any atom is -0.849 e. The molecule has 0 aromatic heterocycles. The van der Waals surface area contributed by atoms with Crippen LogP contribution in [0.3, 0.4) is 0 Å². The van der Waals surface area contributed by atoms with Crippen LogP contribution in [0.2, 0.25) is 0 Å². The first-order valence-corrected chi connectivity index (χ1v) is 4.47. The maximum Gasteiger partial charge on any atom is 0.407 e. The molecule has 0 aliphatic carbocycles. The Bertz CT molecular complexity index is 176. The number of methoxy groups -OCH3 is 1. The normalized spacial score (nSPS) is 13.5. The first-order valence-electron chi connectivity index (χ1n) is 4.47. The lowest BCUT2D eigenvalue weighted by Crippen LogP contribution is -2.44. The molecule has 1 amide bonds. The molecule has 0 fully saturated rings. The number of alkyl carbamates (subject to hydrolysis) is 1. The van der Waals surface area contributed by atoms with Crippen LogP contribution in [0, 0.1) is 0 Å². The van der Waals surface area contributed by atoms with E-state index < -0.39 is 17.8 Å². The van der Waals surface area contributed by atoms with Gasteiger partial charge in [0.2, 0.25) is 0 Å². The summed E-state index contributed by atoms with van der Waals surface area (Å²) in [4.78, 5) is 11.1. The van der Waals surface area contributed by atoms with E-state index in [1.807, 2.05) is 0 Å². The average molecular weight is 204 g/mol. The largest absolute Gasteiger partial charge is 0.849 e. The molecule has 0 aliphatic rings. The number of ether oxygens (including phenoxy) is 2. The standard InChI is InChI=1S/C9H18NO4/c1-9(2,3)14-8(12)10-5-7(11)6-13-4/h7H,5-6H2,1-4H3,(H,10,12)/q-1. The van der Waals surface area contributed by atoms with Gasteiger partial charge < -0.3 is 19.9 Å². The van der Waals surface area contributed by atoms with Gasteiger partial charge in [-0.2, -0.15) is 0 Å². The predicted molar refractivity (Wildman–Crippen MR) is 49.9 cm³/mol. The molecule has 0 aromatic carbocycles. The Hall–Kier alpha value is -0.810. The van der Waals surface area contributed by atoms with Crippen molar-refractivity contribution in [2.45, 2.75) is 32.5 Å². The summed E-state index contributed by atoms with van der Waals surface area (Å²) in [6, 6.07) is 0. The fourth-order valence-electron chi connectivity index (χ4n) is 0.756. The van der Waals surface area contributed by atoms with Gasteiger partial charge in [-0.25, -0.2) is 4.79 Å². The zero-order valence-corrected chi connectivity index (χ0v) is 9.12. The molecule has 1 N–H and O–H groups in total. The molecule has 5 nitrogen and oxygen atoms in total. The second-order valence-corrected chi connectivity index (χ2v) is 3.96. The van der Waals surface area contributed by atoms with Crippen molar-refractivity contribution < 1.29 is 19.4 Å². The summed E-state index contributed by atoms with van der Waals surface area (Å²) in [6.07, 6.45) is -1.53. The quantitative estimate of drug-likeness (QED) is 0.693. The number of rotatable bonds is 4. The SMILES string of the molecule is COCC([O-])CNC(=O)OC(C)(C)C. The molecule has 84 valence electrons. The van der Waals surface area contributed by atoms with Gasteiger partial charge in [-0.05, 0) is 20.8 Å². The van der Waals surface area contributed by atoms with E-state index in [1.165, 1.54) is 7.11 Å². The zero-order chi connectivity index (χ0) is 11.2. The molecule has 14 heavy (non-hydrogen) atoms. The molecule has 1 atom stereocenters. The Kier molecular flexibility index (Phi) is 5.49. The van der Waals surface area contributed by atoms with Crippen LogP contribution in [-0.4, -0.2) is 38.1 Å². The Morgan fingerprint density at radius 3 is 2.50 bits per heavy atom. The van der Waals surface area contributed by atoms with Gasteiger partial charge in [-0.3, -0.25) is 0 Å². The fourth-order valence-corrected chi connectivity index (χ4v) is 0.756. The minimum atomic E-state index is -0.951. The van der Waals surface area contributed by atoms with E-state index in [0.717, 1.165) is 0 Å². The highest BCUT2D eigenvalue weighted by Gasteiger charge is 2.15. The first kappa shape index (κ1) is 13.2. The minimum absolute atomic E-state index is 0.0166. The number of amides is 1. The van der Waals surface area contributed by atoms with Gasteiger partial charge in [-0.15, -0.1) is 0 Å². The molecule has 0 bridgehead atoms. The smallest absolute Gasteiger partial charge is 0.407 e. The molecule has 0 spiro atoms. The number of nitrogens with one attached hydrogen (secondary N) is 1. The molecule has 0 aromatic rings. The van der Waals surface area contributed by atoms with Crippen molar-refractivity contribution in [3.63, 3.8) is 0 Å². The molecule has 1 unspecified atom stereocenters. The van der Waals surface area contributed by atoms with E-state index in [9.17, 15) is 9.90 Å². The summed E-state index contributed by atoms with van der Waals surface area (Å²) in [5, 5.41) is 13.4. The molecule has 0 radical (unpaired) electrons. The molecule has 0 heterocycles. The lowest BCUT2D eigenvalue weighted by molar-refractivity contribution is -0.423. The van der Waals surface area contributed by atoms with Crippen LogP contribution in [0.1, 0.15) is 20.8 Å². The number of hydrogen-bond donors (Lipinski definition) is 1. The maximum absolute atomic E-state index is 11.1. The van der Waals surface area contributed by atoms with Crippen LogP contribution in [0.4, 0.5) is 4.79 Å². The summed E-state index contributed by atoms with van der Waals surface area (Å²) in [7, 11) is 1.44. The number of carbonyl (C=O) groups excluding carboxylic acids is 1. The second kappa shape index (κ2) is 5.82. The van der Waals surface area contributed by atoms with E-state index in [2.05, 4.69) is 10.1 Å². The van der Waals surface area contributed by atoms with Crippen LogP contribution < -0.4 is 10.4 Å². The summed E-state index contributed by atoms with van der Waals surface area (Å²) in [5.41, 5.74) is -0.538. The van der Waals surface area contributed by atoms with Crippen molar-refractivity contribution in [2.24, 2.45) is 0 Å². The van der Waals surface area contributed by atoms with Gasteiger partial charge >= 0.3 is 6.09 Å². The summed E-state index contributed by atoms with van der Waals surface area (Å²) < 4.78 is 9.57. The summed E-state index contributed by atoms with van der Waals surface area (Å²) >= 11 is 0. The van der Waals surface area contributed by atoms with Crippen LogP contribution in [0.15, 0.2) is 0 Å². The Labute approximate surface area is 84.4 Å². The third kappa shape index (κ3) is 7.82. The third-order valence-corrected chi connectivity index (χ3v) is 1.23. The van der Waals surface area contributed by atoms with Gasteiger partial charge in [0.1, 0.15) is 5.60 Å². The van der Waals surface area contributed by atoms with Gasteiger partial charge in [0, 0.05) is 20.3 Å². The van der Waals surface area contributed by atoms with E-state index in [-0.39, 0.29) is 13.2 Å². The van der Waals surface area contributed by atoms with Gasteiger partial charge in [-0.1, -0.05) is 6.10 Å². The van der Waals surface area contributed by atoms with Crippen LogP contribution >= 0.6 is 0 Å². The van der Waals surface area contributed by atoms with Crippen molar-refractivity contribution >= 4 is 6.09 Å². The predicted octanol–water partition coefficient (Wildman–Crippen LogP) is -0.114. The van der Waals surface area contributed by atoms with Crippen molar-refractivity contribution in [1.82, 2.24) is 5.32 Å². The van der Waals surface area contributed by atoms with Crippen LogP contribution in [0.5, 0.6) is 0 Å². The van der Waals surface area contributed by atoms with Crippen molar-refractivity contribution in [3.8, 4) is 0 Å². The molecule has 0 aliphatic heterocycles. The molecule has 5 heteroatoms. The van der Waals surface area contributed by atoms with Crippen molar-refractivity contribution in [3.05, 3.63) is 0 Å². The van der Waals surface area contributed by atoms with Crippen molar-refractivity contribution in [2.75, 3.05) is 20.3 Å². The van der Waals surface area contributed by atoms with Crippen LogP contribution in [-0.2, 0) is 9.47 Å². The lowest BCUT2D eigenvalue weighted by atomic mass is 10.2.